The molecule has 1 fully saturated rings. The summed E-state index contributed by atoms with van der Waals surface area (Å²) in [5.41, 5.74) is 0.830. The summed E-state index contributed by atoms with van der Waals surface area (Å²) in [6.45, 7) is 2.27. The molecule has 0 aromatic rings. The number of esters is 2. The van der Waals surface area contributed by atoms with Crippen LogP contribution in [0, 0.1) is 0 Å². The maximum absolute atomic E-state index is 11.3. The van der Waals surface area contributed by atoms with Crippen molar-refractivity contribution in [2.75, 3.05) is 6.61 Å². The van der Waals surface area contributed by atoms with Crippen molar-refractivity contribution in [1.29, 1.82) is 0 Å². The van der Waals surface area contributed by atoms with Gasteiger partial charge >= 0.3 is 11.9 Å². The summed E-state index contributed by atoms with van der Waals surface area (Å²) in [5, 5.41) is 0. The van der Waals surface area contributed by atoms with Gasteiger partial charge in [-0.3, -0.25) is 0 Å². The van der Waals surface area contributed by atoms with Gasteiger partial charge in [-0.1, -0.05) is 0 Å². The van der Waals surface area contributed by atoms with Gasteiger partial charge < -0.3 is 9.47 Å². The maximum atomic E-state index is 11.3. The Morgan fingerprint density at radius 2 is 2.00 bits per heavy atom. The van der Waals surface area contributed by atoms with Crippen LogP contribution in [0.4, 0.5) is 0 Å². The molecule has 76 valence electrons. The number of hydrogen-bond acceptors (Lipinski definition) is 4. The number of hydrogen-bond donors (Lipinski definition) is 0. The average Bonchev–Trinajstić information content (AvgIpc) is 2.43. The van der Waals surface area contributed by atoms with Gasteiger partial charge in [-0.05, 0) is 26.2 Å². The number of rotatable bonds is 1. The van der Waals surface area contributed by atoms with Crippen LogP contribution in [-0.4, -0.2) is 24.6 Å². The highest BCUT2D eigenvalue weighted by molar-refractivity contribution is 6.12. The van der Waals surface area contributed by atoms with Crippen LogP contribution in [0.1, 0.15) is 26.2 Å². The second-order valence-corrected chi connectivity index (χ2v) is 3.57. The molecule has 14 heavy (non-hydrogen) atoms. The van der Waals surface area contributed by atoms with Crippen molar-refractivity contribution < 1.29 is 19.1 Å². The third kappa shape index (κ3) is 1.46. The Morgan fingerprint density at radius 1 is 1.21 bits per heavy atom. The Morgan fingerprint density at radius 3 is 2.50 bits per heavy atom. The maximum Gasteiger partial charge on any atom is 0.345 e. The van der Waals surface area contributed by atoms with E-state index in [2.05, 4.69) is 4.74 Å². The Kier molecular flexibility index (Phi) is 2.37. The zero-order chi connectivity index (χ0) is 10.1. The van der Waals surface area contributed by atoms with Gasteiger partial charge in [-0.25, -0.2) is 9.59 Å². The van der Waals surface area contributed by atoms with Gasteiger partial charge in [0.2, 0.25) is 0 Å². The zero-order valence-corrected chi connectivity index (χ0v) is 8.04. The van der Waals surface area contributed by atoms with E-state index in [9.17, 15) is 9.59 Å². The smallest absolute Gasteiger partial charge is 0.345 e. The monoisotopic (exact) mass is 196 g/mol. The SMILES string of the molecule is CC1=C(C2CCCCO2)C(=O)OC1=O. The van der Waals surface area contributed by atoms with E-state index < -0.39 is 11.9 Å². The summed E-state index contributed by atoms with van der Waals surface area (Å²) < 4.78 is 9.95. The van der Waals surface area contributed by atoms with E-state index in [0.717, 1.165) is 19.3 Å². The van der Waals surface area contributed by atoms with Gasteiger partial charge in [0, 0.05) is 12.2 Å². The molecule has 0 bridgehead atoms. The average molecular weight is 196 g/mol. The summed E-state index contributed by atoms with van der Waals surface area (Å²) >= 11 is 0. The van der Waals surface area contributed by atoms with Crippen molar-refractivity contribution in [3.63, 3.8) is 0 Å². The second kappa shape index (κ2) is 3.53. The van der Waals surface area contributed by atoms with Gasteiger partial charge in [0.25, 0.3) is 0 Å². The Balaban J connectivity index is 2.23. The first-order valence-electron chi connectivity index (χ1n) is 4.79. The van der Waals surface area contributed by atoms with Gasteiger partial charge in [0.1, 0.15) is 0 Å². The van der Waals surface area contributed by atoms with E-state index >= 15 is 0 Å². The van der Waals surface area contributed by atoms with E-state index in [4.69, 9.17) is 4.74 Å². The summed E-state index contributed by atoms with van der Waals surface area (Å²) in [7, 11) is 0. The highest BCUT2D eigenvalue weighted by Crippen LogP contribution is 2.27. The lowest BCUT2D eigenvalue weighted by atomic mass is 9.99. The lowest BCUT2D eigenvalue weighted by Gasteiger charge is -2.22. The van der Waals surface area contributed by atoms with Crippen molar-refractivity contribution in [2.24, 2.45) is 0 Å². The minimum Gasteiger partial charge on any atom is -0.386 e. The third-order valence-corrected chi connectivity index (χ3v) is 2.62. The fourth-order valence-corrected chi connectivity index (χ4v) is 1.82. The molecular weight excluding hydrogens is 184 g/mol. The van der Waals surface area contributed by atoms with Crippen LogP contribution < -0.4 is 0 Å². The first-order valence-corrected chi connectivity index (χ1v) is 4.79. The quantitative estimate of drug-likeness (QED) is 0.463. The molecule has 4 nitrogen and oxygen atoms in total. The van der Waals surface area contributed by atoms with Gasteiger partial charge in [0.05, 0.1) is 11.7 Å². The molecule has 0 radical (unpaired) electrons. The van der Waals surface area contributed by atoms with Crippen LogP contribution in [0.15, 0.2) is 11.1 Å². The number of ether oxygens (including phenoxy) is 2. The largest absolute Gasteiger partial charge is 0.386 e. The normalized spacial score (nSPS) is 28.2. The Labute approximate surface area is 81.9 Å². The standard InChI is InChI=1S/C10H12O4/c1-6-8(10(12)14-9(6)11)7-4-2-3-5-13-7/h7H,2-5H2,1H3. The summed E-state index contributed by atoms with van der Waals surface area (Å²) in [6, 6.07) is 0. The summed E-state index contributed by atoms with van der Waals surface area (Å²) in [5.74, 6) is -1.06. The molecule has 0 aromatic heterocycles. The van der Waals surface area contributed by atoms with Gasteiger partial charge in [-0.15, -0.1) is 0 Å². The fraction of sp³-hybridized carbons (Fsp3) is 0.600. The lowest BCUT2D eigenvalue weighted by molar-refractivity contribution is -0.151. The van der Waals surface area contributed by atoms with Crippen LogP contribution in [0.25, 0.3) is 0 Å². The summed E-state index contributed by atoms with van der Waals surface area (Å²) in [6.07, 6.45) is 2.62. The molecule has 2 aliphatic rings. The van der Waals surface area contributed by atoms with E-state index in [1.165, 1.54) is 0 Å². The highest BCUT2D eigenvalue weighted by atomic mass is 16.6. The first-order chi connectivity index (χ1) is 6.70. The van der Waals surface area contributed by atoms with E-state index in [0.29, 0.717) is 17.8 Å². The van der Waals surface area contributed by atoms with Crippen LogP contribution in [0.2, 0.25) is 0 Å². The first kappa shape index (κ1) is 9.40. The molecule has 0 spiro atoms. The molecule has 0 saturated carbocycles. The minimum atomic E-state index is -0.529. The number of carbonyl (C=O) groups is 2. The molecule has 1 saturated heterocycles. The molecule has 1 atom stereocenters. The van der Waals surface area contributed by atoms with E-state index in [1.54, 1.807) is 6.92 Å². The fourth-order valence-electron chi connectivity index (χ4n) is 1.82. The zero-order valence-electron chi connectivity index (χ0n) is 8.04. The Bertz CT molecular complexity index is 310. The number of cyclic esters (lactones) is 2. The van der Waals surface area contributed by atoms with Crippen molar-refractivity contribution in [3.8, 4) is 0 Å². The molecule has 2 rings (SSSR count). The molecule has 2 heterocycles. The molecule has 0 amide bonds. The molecule has 0 N–H and O–H groups in total. The second-order valence-electron chi connectivity index (χ2n) is 3.57. The van der Waals surface area contributed by atoms with Crippen LogP contribution in [0.3, 0.4) is 0 Å². The van der Waals surface area contributed by atoms with Crippen LogP contribution in [0.5, 0.6) is 0 Å². The van der Waals surface area contributed by atoms with E-state index in [-0.39, 0.29) is 6.10 Å². The highest BCUT2D eigenvalue weighted by Gasteiger charge is 2.36. The van der Waals surface area contributed by atoms with E-state index in [1.807, 2.05) is 0 Å². The predicted molar refractivity (Wildman–Crippen MR) is 47.4 cm³/mol. The molecule has 1 unspecified atom stereocenters. The molecule has 4 heteroatoms. The van der Waals surface area contributed by atoms with Crippen LogP contribution in [-0.2, 0) is 19.1 Å². The topological polar surface area (TPSA) is 52.6 Å². The third-order valence-electron chi connectivity index (χ3n) is 2.62. The van der Waals surface area contributed by atoms with Crippen molar-refractivity contribution >= 4 is 11.9 Å². The molecular formula is C10H12O4. The molecule has 0 aromatic carbocycles. The van der Waals surface area contributed by atoms with Crippen molar-refractivity contribution in [2.45, 2.75) is 32.3 Å². The van der Waals surface area contributed by atoms with Gasteiger partial charge in [0.15, 0.2) is 0 Å². The molecule has 0 aliphatic carbocycles. The minimum absolute atomic E-state index is 0.234. The van der Waals surface area contributed by atoms with Crippen molar-refractivity contribution in [3.05, 3.63) is 11.1 Å². The lowest BCUT2D eigenvalue weighted by Crippen LogP contribution is -2.24. The summed E-state index contributed by atoms with van der Waals surface area (Å²) in [4.78, 5) is 22.4. The van der Waals surface area contributed by atoms with Gasteiger partial charge in [-0.2, -0.15) is 0 Å². The Hall–Kier alpha value is -1.16. The molecule has 2 aliphatic heterocycles. The predicted octanol–water partition coefficient (Wildman–Crippen LogP) is 0.955. The number of carbonyl (C=O) groups excluding carboxylic acids is 2. The van der Waals surface area contributed by atoms with Crippen LogP contribution >= 0.6 is 0 Å². The van der Waals surface area contributed by atoms with Crippen molar-refractivity contribution in [1.82, 2.24) is 0 Å².